The average Bonchev–Trinajstić information content (AvgIpc) is 3.77. The number of nitrogens with two attached hydrogens (primary N) is 1. The lowest BCUT2D eigenvalue weighted by Gasteiger charge is -2.46. The van der Waals surface area contributed by atoms with Crippen LogP contribution in [0.3, 0.4) is 0 Å². The largest absolute Gasteiger partial charge is 0.383 e. The third-order valence-electron chi connectivity index (χ3n) is 7.45. The molecule has 1 unspecified atom stereocenters. The van der Waals surface area contributed by atoms with E-state index in [1.807, 2.05) is 13.8 Å². The van der Waals surface area contributed by atoms with Crippen molar-refractivity contribution in [1.29, 1.82) is 0 Å². The van der Waals surface area contributed by atoms with Crippen molar-refractivity contribution < 1.29 is 18.8 Å². The molecular formula is C26H30FN5O3. The molecule has 2 heterocycles. The number of piperazine rings is 1. The van der Waals surface area contributed by atoms with Gasteiger partial charge in [0.2, 0.25) is 5.91 Å². The van der Waals surface area contributed by atoms with Gasteiger partial charge in [0.05, 0.1) is 17.9 Å². The van der Waals surface area contributed by atoms with Gasteiger partial charge in [0.15, 0.2) is 0 Å². The van der Waals surface area contributed by atoms with Crippen LogP contribution >= 0.6 is 0 Å². The molecule has 5 rings (SSSR count). The summed E-state index contributed by atoms with van der Waals surface area (Å²) in [7, 11) is 0. The quantitative estimate of drug-likeness (QED) is 0.655. The van der Waals surface area contributed by atoms with Gasteiger partial charge in [-0.25, -0.2) is 9.37 Å². The molecule has 1 aromatic heterocycles. The molecule has 3 N–H and O–H groups in total. The smallest absolute Gasteiger partial charge is 0.313 e. The number of hydrogen-bond donors (Lipinski definition) is 2. The number of amides is 3. The fourth-order valence-electron chi connectivity index (χ4n) is 4.80. The second kappa shape index (κ2) is 8.62. The number of nitrogens with zero attached hydrogens (tertiary/aromatic N) is 3. The first kappa shape index (κ1) is 23.3. The second-order valence-corrected chi connectivity index (χ2v) is 10.3. The van der Waals surface area contributed by atoms with E-state index in [9.17, 15) is 18.8 Å². The minimum absolute atomic E-state index is 0.0641. The summed E-state index contributed by atoms with van der Waals surface area (Å²) < 4.78 is 13.6. The zero-order valence-electron chi connectivity index (χ0n) is 20.0. The summed E-state index contributed by atoms with van der Waals surface area (Å²) in [6.45, 7) is 4.28. The summed E-state index contributed by atoms with van der Waals surface area (Å²) in [6.07, 6.45) is 5.20. The van der Waals surface area contributed by atoms with Crippen molar-refractivity contribution >= 4 is 29.2 Å². The Labute approximate surface area is 203 Å². The van der Waals surface area contributed by atoms with Crippen molar-refractivity contribution in [3.8, 4) is 0 Å². The predicted octanol–water partition coefficient (Wildman–Crippen LogP) is 3.22. The van der Waals surface area contributed by atoms with Gasteiger partial charge in [-0.1, -0.05) is 19.1 Å². The predicted molar refractivity (Wildman–Crippen MR) is 129 cm³/mol. The van der Waals surface area contributed by atoms with Gasteiger partial charge in [-0.3, -0.25) is 14.4 Å². The summed E-state index contributed by atoms with van der Waals surface area (Å²) in [5.41, 5.74) is 7.58. The third-order valence-corrected chi connectivity index (χ3v) is 7.45. The standard InChI is InChI=1S/C26H30FN5O3/c1-15-13-32(24(34)23(33)30-19-11-20(16-3-4-16)22(28)29-12-19)21(17-5-7-18(27)8-6-17)14-31(15)25(35)26(2)9-10-26/h5-8,11-12,15-16,21H,3-4,9-10,13-14H2,1-2H3,(H2,28,29)(H,30,33)/t15-,21?/m1/s1. The zero-order chi connectivity index (χ0) is 24.9. The van der Waals surface area contributed by atoms with Gasteiger partial charge >= 0.3 is 11.8 Å². The molecule has 8 nitrogen and oxygen atoms in total. The highest BCUT2D eigenvalue weighted by Gasteiger charge is 2.50. The number of rotatable bonds is 4. The van der Waals surface area contributed by atoms with Crippen molar-refractivity contribution in [1.82, 2.24) is 14.8 Å². The zero-order valence-corrected chi connectivity index (χ0v) is 20.0. The monoisotopic (exact) mass is 479 g/mol. The van der Waals surface area contributed by atoms with E-state index >= 15 is 0 Å². The number of nitrogens with one attached hydrogen (secondary N) is 1. The van der Waals surface area contributed by atoms with E-state index in [0.29, 0.717) is 23.0 Å². The van der Waals surface area contributed by atoms with E-state index in [1.54, 1.807) is 23.1 Å². The van der Waals surface area contributed by atoms with Crippen LogP contribution in [-0.2, 0) is 14.4 Å². The Balaban J connectivity index is 1.38. The Morgan fingerprint density at radius 1 is 1.11 bits per heavy atom. The molecule has 2 aromatic rings. The number of benzene rings is 1. The molecule has 2 saturated carbocycles. The number of hydrogen-bond acceptors (Lipinski definition) is 5. The minimum Gasteiger partial charge on any atom is -0.383 e. The summed E-state index contributed by atoms with van der Waals surface area (Å²) in [5.74, 6) is -1.04. The maximum absolute atomic E-state index is 13.6. The van der Waals surface area contributed by atoms with Crippen LogP contribution in [0.15, 0.2) is 36.5 Å². The van der Waals surface area contributed by atoms with Crippen molar-refractivity contribution in [3.63, 3.8) is 0 Å². The first-order chi connectivity index (χ1) is 16.7. The van der Waals surface area contributed by atoms with Crippen molar-refractivity contribution in [2.75, 3.05) is 24.1 Å². The van der Waals surface area contributed by atoms with Gasteiger partial charge in [0, 0.05) is 24.5 Å². The van der Waals surface area contributed by atoms with E-state index in [-0.39, 0.29) is 30.5 Å². The first-order valence-electron chi connectivity index (χ1n) is 12.1. The summed E-state index contributed by atoms with van der Waals surface area (Å²) >= 11 is 0. The topological polar surface area (TPSA) is 109 Å². The molecule has 0 radical (unpaired) electrons. The summed E-state index contributed by atoms with van der Waals surface area (Å²) in [5, 5.41) is 2.66. The highest BCUT2D eigenvalue weighted by atomic mass is 19.1. The van der Waals surface area contributed by atoms with Gasteiger partial charge in [0.1, 0.15) is 11.6 Å². The van der Waals surface area contributed by atoms with Crippen LogP contribution < -0.4 is 11.1 Å². The van der Waals surface area contributed by atoms with E-state index in [1.165, 1.54) is 23.2 Å². The Morgan fingerprint density at radius 3 is 2.43 bits per heavy atom. The molecule has 1 aromatic carbocycles. The Bertz CT molecular complexity index is 1180. The number of nitrogen functional groups attached to an aromatic ring is 1. The number of carbonyl (C=O) groups is 3. The van der Waals surface area contributed by atoms with Crippen LogP contribution in [0.4, 0.5) is 15.9 Å². The molecule has 2 aliphatic carbocycles. The highest BCUT2D eigenvalue weighted by molar-refractivity contribution is 6.39. The normalized spacial score (nSPS) is 23.1. The van der Waals surface area contributed by atoms with Gasteiger partial charge < -0.3 is 20.9 Å². The lowest BCUT2D eigenvalue weighted by Crippen LogP contribution is -2.59. The van der Waals surface area contributed by atoms with Crippen molar-refractivity contribution in [2.45, 2.75) is 57.5 Å². The minimum atomic E-state index is -0.786. The number of anilines is 2. The molecule has 1 saturated heterocycles. The Morgan fingerprint density at radius 2 is 1.80 bits per heavy atom. The molecule has 3 aliphatic rings. The van der Waals surface area contributed by atoms with Crippen LogP contribution in [0.1, 0.15) is 62.6 Å². The van der Waals surface area contributed by atoms with Gasteiger partial charge in [-0.15, -0.1) is 0 Å². The van der Waals surface area contributed by atoms with Crippen LogP contribution in [0.2, 0.25) is 0 Å². The molecule has 3 fully saturated rings. The number of carbonyl (C=O) groups excluding carboxylic acids is 3. The SMILES string of the molecule is C[C@@H]1CN(C(=O)C(=O)Nc2cnc(N)c(C3CC3)c2)C(c2ccc(F)cc2)CN1C(=O)C1(C)CC1. The molecule has 9 heteroatoms. The number of aromatic nitrogens is 1. The number of halogens is 1. The van der Waals surface area contributed by atoms with Crippen molar-refractivity contribution in [2.24, 2.45) is 5.41 Å². The van der Waals surface area contributed by atoms with Crippen LogP contribution in [0.5, 0.6) is 0 Å². The lowest BCUT2D eigenvalue weighted by molar-refractivity contribution is -0.153. The second-order valence-electron chi connectivity index (χ2n) is 10.3. The fraction of sp³-hybridized carbons (Fsp3) is 0.462. The molecular weight excluding hydrogens is 449 g/mol. The van der Waals surface area contributed by atoms with Gasteiger partial charge in [-0.2, -0.15) is 0 Å². The Kier molecular flexibility index (Phi) is 5.73. The fourth-order valence-corrected chi connectivity index (χ4v) is 4.80. The Hall–Kier alpha value is -3.49. The van der Waals surface area contributed by atoms with E-state index in [2.05, 4.69) is 10.3 Å². The summed E-state index contributed by atoms with van der Waals surface area (Å²) in [4.78, 5) is 47.0. The first-order valence-corrected chi connectivity index (χ1v) is 12.1. The van der Waals surface area contributed by atoms with Crippen LogP contribution in [-0.4, -0.2) is 51.6 Å². The molecule has 0 bridgehead atoms. The van der Waals surface area contributed by atoms with Gasteiger partial charge in [-0.05, 0) is 67.9 Å². The summed E-state index contributed by atoms with van der Waals surface area (Å²) in [6, 6.07) is 6.80. The van der Waals surface area contributed by atoms with E-state index in [4.69, 9.17) is 5.73 Å². The lowest BCUT2D eigenvalue weighted by atomic mass is 9.97. The van der Waals surface area contributed by atoms with Crippen LogP contribution in [0.25, 0.3) is 0 Å². The van der Waals surface area contributed by atoms with Crippen LogP contribution in [0, 0.1) is 11.2 Å². The van der Waals surface area contributed by atoms with Crippen molar-refractivity contribution in [3.05, 3.63) is 53.5 Å². The maximum Gasteiger partial charge on any atom is 0.313 e. The highest BCUT2D eigenvalue weighted by Crippen LogP contribution is 2.47. The molecule has 2 atom stereocenters. The maximum atomic E-state index is 13.6. The molecule has 1 aliphatic heterocycles. The van der Waals surface area contributed by atoms with Gasteiger partial charge in [0.25, 0.3) is 0 Å². The molecule has 0 spiro atoms. The molecule has 3 amide bonds. The van der Waals surface area contributed by atoms with E-state index in [0.717, 1.165) is 31.2 Å². The number of pyridine rings is 1. The molecule has 184 valence electrons. The third kappa shape index (κ3) is 4.59. The average molecular weight is 480 g/mol. The molecule has 35 heavy (non-hydrogen) atoms. The van der Waals surface area contributed by atoms with E-state index < -0.39 is 23.7 Å².